The number of carboxylic acids is 1. The average Bonchev–Trinajstić information content (AvgIpc) is 2.96. The van der Waals surface area contributed by atoms with Gasteiger partial charge in [-0.3, -0.25) is 9.36 Å². The van der Waals surface area contributed by atoms with Gasteiger partial charge in [-0.25, -0.2) is 0 Å². The third kappa shape index (κ3) is 41.6. The van der Waals surface area contributed by atoms with E-state index in [4.69, 9.17) is 14.9 Å². The summed E-state index contributed by atoms with van der Waals surface area (Å²) in [6, 6.07) is 0. The van der Waals surface area contributed by atoms with E-state index in [2.05, 4.69) is 0 Å². The molecule has 0 heterocycles. The van der Waals surface area contributed by atoms with Crippen LogP contribution in [0.4, 0.5) is 0 Å². The van der Waals surface area contributed by atoms with Gasteiger partial charge in [0.25, 0.3) is 0 Å². The summed E-state index contributed by atoms with van der Waals surface area (Å²) >= 11 is 0. The van der Waals surface area contributed by atoms with Crippen LogP contribution in [0.15, 0.2) is 0 Å². The van der Waals surface area contributed by atoms with Gasteiger partial charge in [0.1, 0.15) is 0 Å². The van der Waals surface area contributed by atoms with Crippen LogP contribution in [0, 0.1) is 0 Å². The smallest absolute Gasteiger partial charge is 0.325 e. The lowest BCUT2D eigenvalue weighted by atomic mass is 10.0. The van der Waals surface area contributed by atoms with E-state index in [9.17, 15) is 9.36 Å². The standard InChI is InChI=1S/C37H75O5P/c38-37(39)35-33-31-29-27-25-23-21-19-17-15-13-11-9-7-5-3-1-2-4-6-8-10-12-14-16-18-20-22-24-26-28-30-32-34-36-43(40,41)42/h1-36H2,(H,38,39)(H2,40,41,42). The van der Waals surface area contributed by atoms with Crippen molar-refractivity contribution >= 4 is 13.6 Å². The molecular weight excluding hydrogens is 555 g/mol. The maximum atomic E-state index is 10.8. The molecule has 0 spiro atoms. The lowest BCUT2D eigenvalue weighted by molar-refractivity contribution is -0.137. The fraction of sp³-hybridized carbons (Fsp3) is 0.973. The first-order valence-electron chi connectivity index (χ1n) is 19.2. The van der Waals surface area contributed by atoms with Crippen molar-refractivity contribution in [3.8, 4) is 0 Å². The second-order valence-corrected chi connectivity index (χ2v) is 15.3. The maximum absolute atomic E-state index is 10.8. The molecule has 0 aromatic heterocycles. The van der Waals surface area contributed by atoms with E-state index >= 15 is 0 Å². The molecule has 0 atom stereocenters. The third-order valence-electron chi connectivity index (χ3n) is 9.09. The quantitative estimate of drug-likeness (QED) is 0.0469. The second-order valence-electron chi connectivity index (χ2n) is 13.6. The Morgan fingerprint density at radius 2 is 0.488 bits per heavy atom. The van der Waals surface area contributed by atoms with E-state index in [1.807, 2.05) is 0 Å². The molecule has 3 N–H and O–H groups in total. The Morgan fingerprint density at radius 3 is 0.651 bits per heavy atom. The van der Waals surface area contributed by atoms with Crippen LogP contribution in [0.2, 0.25) is 0 Å². The second kappa shape index (κ2) is 34.5. The van der Waals surface area contributed by atoms with E-state index in [1.165, 1.54) is 186 Å². The number of hydrogen-bond acceptors (Lipinski definition) is 2. The zero-order valence-corrected chi connectivity index (χ0v) is 29.5. The van der Waals surface area contributed by atoms with Crippen LogP contribution in [0.5, 0.6) is 0 Å². The van der Waals surface area contributed by atoms with Crippen LogP contribution in [0.3, 0.4) is 0 Å². The van der Waals surface area contributed by atoms with Crippen molar-refractivity contribution < 1.29 is 24.3 Å². The van der Waals surface area contributed by atoms with Gasteiger partial charge in [0.05, 0.1) is 0 Å². The summed E-state index contributed by atoms with van der Waals surface area (Å²) in [5.41, 5.74) is 0. The molecule has 43 heavy (non-hydrogen) atoms. The summed E-state index contributed by atoms with van der Waals surface area (Å²) in [6.07, 6.45) is 45.3. The Hall–Kier alpha value is -0.380. The molecule has 0 rings (SSSR count). The SMILES string of the molecule is O=C(O)CCCCCCCCCCCCCCCCCCCCCCCCCCCCCCCCCCCCP(=O)(O)O. The molecule has 0 aliphatic rings. The first kappa shape index (κ1) is 42.6. The summed E-state index contributed by atoms with van der Waals surface area (Å²) in [5, 5.41) is 8.64. The van der Waals surface area contributed by atoms with Crippen molar-refractivity contribution in [2.75, 3.05) is 6.16 Å². The molecule has 6 heteroatoms. The van der Waals surface area contributed by atoms with E-state index in [0.717, 1.165) is 25.7 Å². The topological polar surface area (TPSA) is 94.8 Å². The van der Waals surface area contributed by atoms with Gasteiger partial charge in [-0.2, -0.15) is 0 Å². The molecule has 0 saturated heterocycles. The Labute approximate surface area is 268 Å². The van der Waals surface area contributed by atoms with Gasteiger partial charge >= 0.3 is 13.6 Å². The lowest BCUT2D eigenvalue weighted by Gasteiger charge is -2.05. The fourth-order valence-corrected chi connectivity index (χ4v) is 6.89. The van der Waals surface area contributed by atoms with Crippen molar-refractivity contribution in [3.05, 3.63) is 0 Å². The van der Waals surface area contributed by atoms with Gasteiger partial charge in [-0.1, -0.05) is 205 Å². The van der Waals surface area contributed by atoms with Crippen LogP contribution in [-0.4, -0.2) is 27.0 Å². The monoisotopic (exact) mass is 631 g/mol. The van der Waals surface area contributed by atoms with Gasteiger partial charge in [-0.15, -0.1) is 0 Å². The number of unbranched alkanes of at least 4 members (excludes halogenated alkanes) is 33. The van der Waals surface area contributed by atoms with Gasteiger partial charge in [0, 0.05) is 12.6 Å². The van der Waals surface area contributed by atoms with Crippen molar-refractivity contribution in [1.29, 1.82) is 0 Å². The molecule has 0 aromatic rings. The minimum atomic E-state index is -3.78. The van der Waals surface area contributed by atoms with E-state index in [1.54, 1.807) is 0 Å². The molecule has 0 aromatic carbocycles. The normalized spacial score (nSPS) is 11.9. The third-order valence-corrected chi connectivity index (χ3v) is 9.99. The van der Waals surface area contributed by atoms with Crippen LogP contribution in [-0.2, 0) is 9.36 Å². The zero-order valence-electron chi connectivity index (χ0n) is 28.6. The molecule has 0 unspecified atom stereocenters. The highest BCUT2D eigenvalue weighted by atomic mass is 31.2. The zero-order chi connectivity index (χ0) is 31.5. The predicted octanol–water partition coefficient (Wildman–Crippen LogP) is 12.9. The van der Waals surface area contributed by atoms with Crippen molar-refractivity contribution in [2.24, 2.45) is 0 Å². The molecule has 0 aliphatic carbocycles. The van der Waals surface area contributed by atoms with Crippen LogP contribution < -0.4 is 0 Å². The van der Waals surface area contributed by atoms with Crippen LogP contribution >= 0.6 is 7.60 Å². The predicted molar refractivity (Wildman–Crippen MR) is 186 cm³/mol. The first-order chi connectivity index (χ1) is 20.9. The highest BCUT2D eigenvalue weighted by molar-refractivity contribution is 7.51. The van der Waals surface area contributed by atoms with E-state index in [-0.39, 0.29) is 6.16 Å². The summed E-state index contributed by atoms with van der Waals surface area (Å²) < 4.78 is 10.8. The largest absolute Gasteiger partial charge is 0.481 e. The molecule has 0 fully saturated rings. The minimum absolute atomic E-state index is 0.0555. The molecule has 258 valence electrons. The summed E-state index contributed by atoms with van der Waals surface area (Å²) in [4.78, 5) is 28.2. The number of aliphatic carboxylic acids is 1. The van der Waals surface area contributed by atoms with Gasteiger partial charge in [0.15, 0.2) is 0 Å². The van der Waals surface area contributed by atoms with Crippen LogP contribution in [0.1, 0.15) is 225 Å². The lowest BCUT2D eigenvalue weighted by Crippen LogP contribution is -1.93. The molecule has 0 radical (unpaired) electrons. The minimum Gasteiger partial charge on any atom is -0.481 e. The Bertz CT molecular complexity index is 606. The molecule has 5 nitrogen and oxygen atoms in total. The van der Waals surface area contributed by atoms with Gasteiger partial charge in [0.2, 0.25) is 0 Å². The van der Waals surface area contributed by atoms with E-state index < -0.39 is 13.6 Å². The average molecular weight is 631 g/mol. The first-order valence-corrected chi connectivity index (χ1v) is 21.0. The molecule has 0 saturated carbocycles. The highest BCUT2D eigenvalue weighted by Gasteiger charge is 2.10. The molecule has 0 bridgehead atoms. The van der Waals surface area contributed by atoms with Gasteiger partial charge < -0.3 is 14.9 Å². The summed E-state index contributed by atoms with van der Waals surface area (Å²) in [5.74, 6) is -0.656. The fourth-order valence-electron chi connectivity index (χ4n) is 6.25. The van der Waals surface area contributed by atoms with Gasteiger partial charge in [-0.05, 0) is 12.8 Å². The molecular formula is C37H75O5P. The van der Waals surface area contributed by atoms with Crippen molar-refractivity contribution in [3.63, 3.8) is 0 Å². The molecule has 0 amide bonds. The Balaban J connectivity index is 3.06. The van der Waals surface area contributed by atoms with Crippen molar-refractivity contribution in [2.45, 2.75) is 225 Å². The Morgan fingerprint density at radius 1 is 0.326 bits per heavy atom. The summed E-state index contributed by atoms with van der Waals surface area (Å²) in [6.45, 7) is 0. The summed E-state index contributed by atoms with van der Waals surface area (Å²) in [7, 11) is -3.78. The van der Waals surface area contributed by atoms with Crippen LogP contribution in [0.25, 0.3) is 0 Å². The Kier molecular flexibility index (Phi) is 34.2. The van der Waals surface area contributed by atoms with Crippen molar-refractivity contribution in [1.82, 2.24) is 0 Å². The molecule has 0 aliphatic heterocycles. The number of rotatable bonds is 37. The maximum Gasteiger partial charge on any atom is 0.325 e. The van der Waals surface area contributed by atoms with E-state index in [0.29, 0.717) is 12.8 Å². The number of hydrogen-bond donors (Lipinski definition) is 3. The highest BCUT2D eigenvalue weighted by Crippen LogP contribution is 2.35. The number of carboxylic acid groups (broad SMARTS) is 1. The number of carbonyl (C=O) groups is 1.